The highest BCUT2D eigenvalue weighted by molar-refractivity contribution is 5.79. The van der Waals surface area contributed by atoms with Crippen molar-refractivity contribution in [2.24, 2.45) is 11.8 Å². The summed E-state index contributed by atoms with van der Waals surface area (Å²) in [6.07, 6.45) is 2.90. The number of hydrogen-bond donors (Lipinski definition) is 1. The quantitative estimate of drug-likeness (QED) is 0.365. The third-order valence-corrected chi connectivity index (χ3v) is 7.13. The van der Waals surface area contributed by atoms with Gasteiger partial charge in [0.15, 0.2) is 0 Å². The molecule has 1 aromatic carbocycles. The van der Waals surface area contributed by atoms with Crippen LogP contribution in [0.15, 0.2) is 30.3 Å². The van der Waals surface area contributed by atoms with Crippen LogP contribution < -0.4 is 5.32 Å². The van der Waals surface area contributed by atoms with E-state index in [9.17, 15) is 14.4 Å². The molecule has 1 N–H and O–H groups in total. The van der Waals surface area contributed by atoms with E-state index in [1.807, 2.05) is 43.9 Å². The average molecular weight is 504 g/mol. The summed E-state index contributed by atoms with van der Waals surface area (Å²) >= 11 is 0. The second-order valence-corrected chi connectivity index (χ2v) is 10.2. The third kappa shape index (κ3) is 10.3. The van der Waals surface area contributed by atoms with Crippen LogP contribution in [0.25, 0.3) is 0 Å². The van der Waals surface area contributed by atoms with Crippen molar-refractivity contribution in [2.75, 3.05) is 27.2 Å². The maximum atomic E-state index is 13.3. The van der Waals surface area contributed by atoms with Crippen molar-refractivity contribution in [1.82, 2.24) is 15.1 Å². The van der Waals surface area contributed by atoms with Crippen LogP contribution in [0, 0.1) is 11.8 Å². The first kappa shape index (κ1) is 31.6. The van der Waals surface area contributed by atoms with Crippen molar-refractivity contribution in [2.45, 2.75) is 91.8 Å². The van der Waals surface area contributed by atoms with Crippen LogP contribution in [0.3, 0.4) is 0 Å². The lowest BCUT2D eigenvalue weighted by Gasteiger charge is -2.38. The summed E-state index contributed by atoms with van der Waals surface area (Å²) in [7, 11) is 3.38. The number of ether oxygens (including phenoxy) is 1. The summed E-state index contributed by atoms with van der Waals surface area (Å²) in [4.78, 5) is 41.7. The van der Waals surface area contributed by atoms with Crippen LogP contribution in [0.2, 0.25) is 0 Å². The zero-order chi connectivity index (χ0) is 27.3. The molecule has 0 aromatic heterocycles. The van der Waals surface area contributed by atoms with Crippen LogP contribution in [0.1, 0.15) is 72.8 Å². The molecule has 1 rings (SSSR count). The second-order valence-electron chi connectivity index (χ2n) is 10.2. The van der Waals surface area contributed by atoms with Gasteiger partial charge in [0.25, 0.3) is 0 Å². The number of carbonyl (C=O) groups is 3. The molecule has 0 aliphatic rings. The van der Waals surface area contributed by atoms with Crippen LogP contribution in [0.5, 0.6) is 0 Å². The van der Waals surface area contributed by atoms with E-state index in [2.05, 4.69) is 31.3 Å². The number of nitrogens with zero attached hydrogens (tertiary/aromatic N) is 2. The highest BCUT2D eigenvalue weighted by Gasteiger charge is 2.33. The van der Waals surface area contributed by atoms with E-state index in [0.29, 0.717) is 19.5 Å². The molecule has 0 radical (unpaired) electrons. The molecule has 204 valence electrons. The molecule has 0 saturated carbocycles. The summed E-state index contributed by atoms with van der Waals surface area (Å²) in [6.45, 7) is 12.8. The van der Waals surface area contributed by atoms with Gasteiger partial charge in [0.2, 0.25) is 17.7 Å². The standard InChI is InChI=1S/C29H49N3O4/c1-9-17-32(27(34)20-26(36-8)28(21(3)10-2)31(7)24(6)33)18-16-22(4)29(35)30-23(5)19-25-14-12-11-13-15-25/h11-15,21-23,26,28H,9-10,16-20H2,1-8H3,(H,30,35)/t21-,22+,23+,26+,28-/m0/s1. The third-order valence-electron chi connectivity index (χ3n) is 7.13. The van der Waals surface area contributed by atoms with Gasteiger partial charge in [0.1, 0.15) is 0 Å². The first-order valence-electron chi connectivity index (χ1n) is 13.4. The number of methoxy groups -OCH3 is 1. The summed E-state index contributed by atoms with van der Waals surface area (Å²) in [5, 5.41) is 3.11. The Morgan fingerprint density at radius 3 is 2.19 bits per heavy atom. The summed E-state index contributed by atoms with van der Waals surface area (Å²) < 4.78 is 5.76. The van der Waals surface area contributed by atoms with E-state index >= 15 is 0 Å². The minimum absolute atomic E-state index is 0.000918. The predicted molar refractivity (Wildman–Crippen MR) is 146 cm³/mol. The number of rotatable bonds is 16. The van der Waals surface area contributed by atoms with Crippen molar-refractivity contribution < 1.29 is 19.1 Å². The molecule has 5 atom stereocenters. The number of likely N-dealkylation sites (N-methyl/N-ethyl adjacent to an activating group) is 1. The molecule has 0 saturated heterocycles. The molecular weight excluding hydrogens is 454 g/mol. The fourth-order valence-electron chi connectivity index (χ4n) is 4.61. The van der Waals surface area contributed by atoms with Crippen LogP contribution >= 0.6 is 0 Å². The Kier molecular flexibility index (Phi) is 14.4. The van der Waals surface area contributed by atoms with Crippen LogP contribution in [0.4, 0.5) is 0 Å². The number of nitrogens with one attached hydrogen (secondary N) is 1. The lowest BCUT2D eigenvalue weighted by Crippen LogP contribution is -2.50. The first-order chi connectivity index (χ1) is 17.0. The Morgan fingerprint density at radius 2 is 1.67 bits per heavy atom. The monoisotopic (exact) mass is 503 g/mol. The highest BCUT2D eigenvalue weighted by Crippen LogP contribution is 2.22. The maximum absolute atomic E-state index is 13.3. The van der Waals surface area contributed by atoms with Crippen LogP contribution in [-0.4, -0.2) is 73.0 Å². The highest BCUT2D eigenvalue weighted by atomic mass is 16.5. The zero-order valence-corrected chi connectivity index (χ0v) is 23.8. The van der Waals surface area contributed by atoms with Crippen LogP contribution in [-0.2, 0) is 25.5 Å². The van der Waals surface area contributed by atoms with Crippen molar-refractivity contribution in [3.05, 3.63) is 35.9 Å². The molecule has 0 unspecified atom stereocenters. The molecule has 0 aliphatic heterocycles. The largest absolute Gasteiger partial charge is 0.379 e. The molecule has 3 amide bonds. The maximum Gasteiger partial charge on any atom is 0.225 e. The molecule has 0 fully saturated rings. The van der Waals surface area contributed by atoms with E-state index in [1.54, 1.807) is 26.0 Å². The van der Waals surface area contributed by atoms with Crippen molar-refractivity contribution in [1.29, 1.82) is 0 Å². The Labute approximate surface area is 218 Å². The molecule has 1 aromatic rings. The molecule has 0 spiro atoms. The molecule has 7 heteroatoms. The lowest BCUT2D eigenvalue weighted by molar-refractivity contribution is -0.141. The van der Waals surface area contributed by atoms with Gasteiger partial charge in [-0.05, 0) is 37.7 Å². The Hall–Kier alpha value is -2.41. The minimum atomic E-state index is -0.389. The van der Waals surface area contributed by atoms with Crippen molar-refractivity contribution in [3.63, 3.8) is 0 Å². The number of hydrogen-bond acceptors (Lipinski definition) is 4. The summed E-state index contributed by atoms with van der Waals surface area (Å²) in [6, 6.07) is 9.97. The van der Waals surface area contributed by atoms with Gasteiger partial charge < -0.3 is 19.9 Å². The normalized spacial score (nSPS) is 15.3. The van der Waals surface area contributed by atoms with Gasteiger partial charge in [0.05, 0.1) is 18.6 Å². The SMILES string of the molecule is CCCN(CC[C@@H](C)C(=O)N[C@H](C)Cc1ccccc1)C(=O)C[C@@H](OC)[C@H]([C@@H](C)CC)N(C)C(C)=O. The van der Waals surface area contributed by atoms with Crippen molar-refractivity contribution in [3.8, 4) is 0 Å². The fourth-order valence-corrected chi connectivity index (χ4v) is 4.61. The second kappa shape index (κ2) is 16.4. The molecule has 0 heterocycles. The van der Waals surface area contributed by atoms with E-state index in [0.717, 1.165) is 19.3 Å². The minimum Gasteiger partial charge on any atom is -0.379 e. The van der Waals surface area contributed by atoms with E-state index in [-0.39, 0.29) is 54.2 Å². The van der Waals surface area contributed by atoms with Gasteiger partial charge in [0, 0.05) is 46.1 Å². The number of benzene rings is 1. The van der Waals surface area contributed by atoms with Gasteiger partial charge in [-0.3, -0.25) is 14.4 Å². The molecule has 7 nitrogen and oxygen atoms in total. The van der Waals surface area contributed by atoms with Gasteiger partial charge in [-0.2, -0.15) is 0 Å². The van der Waals surface area contributed by atoms with E-state index in [1.165, 1.54) is 5.56 Å². The molecule has 0 aliphatic carbocycles. The first-order valence-corrected chi connectivity index (χ1v) is 13.4. The molecular formula is C29H49N3O4. The molecule has 0 bridgehead atoms. The zero-order valence-electron chi connectivity index (χ0n) is 23.8. The van der Waals surface area contributed by atoms with Gasteiger partial charge >= 0.3 is 0 Å². The Bertz CT molecular complexity index is 801. The van der Waals surface area contributed by atoms with E-state index < -0.39 is 0 Å². The smallest absolute Gasteiger partial charge is 0.225 e. The Balaban J connectivity index is 2.74. The number of carbonyl (C=O) groups excluding carboxylic acids is 3. The van der Waals surface area contributed by atoms with Gasteiger partial charge in [-0.15, -0.1) is 0 Å². The van der Waals surface area contributed by atoms with Crippen molar-refractivity contribution >= 4 is 17.7 Å². The molecule has 36 heavy (non-hydrogen) atoms. The lowest BCUT2D eigenvalue weighted by atomic mass is 9.90. The fraction of sp³-hybridized carbons (Fsp3) is 0.690. The van der Waals surface area contributed by atoms with E-state index in [4.69, 9.17) is 4.74 Å². The van der Waals surface area contributed by atoms with Gasteiger partial charge in [-0.1, -0.05) is 64.4 Å². The summed E-state index contributed by atoms with van der Waals surface area (Å²) in [5.74, 6) is -0.0410. The number of amides is 3. The summed E-state index contributed by atoms with van der Waals surface area (Å²) in [5.41, 5.74) is 1.19. The van der Waals surface area contributed by atoms with Gasteiger partial charge in [-0.25, -0.2) is 0 Å². The predicted octanol–water partition coefficient (Wildman–Crippen LogP) is 4.30. The topological polar surface area (TPSA) is 79.0 Å². The average Bonchev–Trinajstić information content (AvgIpc) is 2.85. The Morgan fingerprint density at radius 1 is 1.03 bits per heavy atom.